The number of fused-ring (bicyclic) bond motifs is 1. The van der Waals surface area contributed by atoms with Gasteiger partial charge in [0.1, 0.15) is 6.61 Å². The molecule has 0 saturated carbocycles. The number of pyridine rings is 1. The van der Waals surface area contributed by atoms with E-state index in [2.05, 4.69) is 35.0 Å². The summed E-state index contributed by atoms with van der Waals surface area (Å²) in [6.07, 6.45) is 2.93. The summed E-state index contributed by atoms with van der Waals surface area (Å²) < 4.78 is 5.86. The van der Waals surface area contributed by atoms with E-state index in [0.29, 0.717) is 23.9 Å². The average molecular weight is 395 g/mol. The lowest BCUT2D eigenvalue weighted by molar-refractivity contribution is 0.215. The summed E-state index contributed by atoms with van der Waals surface area (Å²) in [5, 5.41) is 11.2. The van der Waals surface area contributed by atoms with Crippen LogP contribution in [-0.2, 0) is 19.5 Å². The van der Waals surface area contributed by atoms with Crippen molar-refractivity contribution in [3.05, 3.63) is 76.6 Å². The molecule has 0 saturated heterocycles. The van der Waals surface area contributed by atoms with E-state index in [1.165, 1.54) is 5.56 Å². The van der Waals surface area contributed by atoms with Gasteiger partial charge < -0.3 is 9.84 Å². The van der Waals surface area contributed by atoms with E-state index in [0.717, 1.165) is 41.9 Å². The van der Waals surface area contributed by atoms with Crippen LogP contribution in [0.2, 0.25) is 5.02 Å². The number of phenols is 1. The van der Waals surface area contributed by atoms with Gasteiger partial charge in [0, 0.05) is 36.4 Å². The van der Waals surface area contributed by atoms with Crippen molar-refractivity contribution in [2.24, 2.45) is 0 Å². The van der Waals surface area contributed by atoms with Crippen molar-refractivity contribution >= 4 is 11.6 Å². The van der Waals surface area contributed by atoms with Gasteiger partial charge in [0.05, 0.1) is 5.69 Å². The maximum absolute atomic E-state index is 10.5. The van der Waals surface area contributed by atoms with Crippen LogP contribution in [0.3, 0.4) is 0 Å². The van der Waals surface area contributed by atoms with Crippen molar-refractivity contribution in [1.82, 2.24) is 9.88 Å². The van der Waals surface area contributed by atoms with Crippen LogP contribution < -0.4 is 4.74 Å². The molecule has 0 atom stereocenters. The fraction of sp³-hybridized carbons (Fsp3) is 0.261. The smallest absolute Gasteiger partial charge is 0.165 e. The third-order valence-corrected chi connectivity index (χ3v) is 5.27. The van der Waals surface area contributed by atoms with E-state index in [-0.39, 0.29) is 5.75 Å². The second kappa shape index (κ2) is 8.21. The van der Waals surface area contributed by atoms with Crippen LogP contribution in [0.4, 0.5) is 0 Å². The molecule has 4 nitrogen and oxygen atoms in total. The molecule has 1 N–H and O–H groups in total. The number of nitrogens with zero attached hydrogens (tertiary/aromatic N) is 2. The van der Waals surface area contributed by atoms with E-state index in [9.17, 15) is 5.11 Å². The molecular formula is C23H23ClN2O2. The molecule has 2 aromatic carbocycles. The first-order valence-electron chi connectivity index (χ1n) is 9.53. The molecule has 1 aliphatic rings. The fourth-order valence-electron chi connectivity index (χ4n) is 3.51. The highest BCUT2D eigenvalue weighted by Gasteiger charge is 2.20. The number of hydrogen-bond donors (Lipinski definition) is 1. The van der Waals surface area contributed by atoms with E-state index >= 15 is 0 Å². The van der Waals surface area contributed by atoms with Gasteiger partial charge in [0.15, 0.2) is 11.5 Å². The molecule has 0 aliphatic carbocycles. The fourth-order valence-corrected chi connectivity index (χ4v) is 3.70. The quantitative estimate of drug-likeness (QED) is 0.671. The Balaban J connectivity index is 1.60. The van der Waals surface area contributed by atoms with Crippen molar-refractivity contribution in [2.75, 3.05) is 13.2 Å². The molecule has 0 amide bonds. The standard InChI is InChI=1S/C23H23ClN2O2/c1-2-16-6-7-21(25-13-16)15-26-8-9-28-23-19(14-26)10-18(12-22(23)27)17-4-3-5-20(24)11-17/h3-7,10-13,27H,2,8-9,14-15H2,1H3. The van der Waals surface area contributed by atoms with E-state index in [4.69, 9.17) is 16.3 Å². The molecular weight excluding hydrogens is 372 g/mol. The van der Waals surface area contributed by atoms with Crippen LogP contribution >= 0.6 is 11.6 Å². The molecule has 0 unspecified atom stereocenters. The summed E-state index contributed by atoms with van der Waals surface area (Å²) in [5.74, 6) is 0.738. The van der Waals surface area contributed by atoms with Crippen molar-refractivity contribution in [3.63, 3.8) is 0 Å². The molecule has 5 heteroatoms. The number of aromatic hydroxyl groups is 1. The average Bonchev–Trinajstić information content (AvgIpc) is 2.91. The minimum Gasteiger partial charge on any atom is -0.504 e. The molecule has 1 aromatic heterocycles. The van der Waals surface area contributed by atoms with Gasteiger partial charge in [0.25, 0.3) is 0 Å². The summed E-state index contributed by atoms with van der Waals surface area (Å²) in [6.45, 7) is 4.87. The molecule has 3 aromatic rings. The van der Waals surface area contributed by atoms with Gasteiger partial charge in [-0.1, -0.05) is 36.7 Å². The highest BCUT2D eigenvalue weighted by Crippen LogP contribution is 2.38. The Hall–Kier alpha value is -2.56. The Morgan fingerprint density at radius 1 is 1.14 bits per heavy atom. The summed E-state index contributed by atoms with van der Waals surface area (Å²) in [6, 6.07) is 15.7. The lowest BCUT2D eigenvalue weighted by atomic mass is 10.0. The third-order valence-electron chi connectivity index (χ3n) is 5.03. The van der Waals surface area contributed by atoms with Crippen molar-refractivity contribution in [2.45, 2.75) is 26.4 Å². The van der Waals surface area contributed by atoms with Gasteiger partial charge in [-0.15, -0.1) is 0 Å². The Kier molecular flexibility index (Phi) is 5.51. The van der Waals surface area contributed by atoms with Gasteiger partial charge >= 0.3 is 0 Å². The molecule has 4 rings (SSSR count). The predicted octanol–water partition coefficient (Wildman–Crippen LogP) is 5.06. The van der Waals surface area contributed by atoms with Gasteiger partial charge in [-0.3, -0.25) is 9.88 Å². The number of halogens is 1. The van der Waals surface area contributed by atoms with Gasteiger partial charge in [-0.25, -0.2) is 0 Å². The molecule has 0 fully saturated rings. The van der Waals surface area contributed by atoms with Gasteiger partial charge in [-0.05, 0) is 53.4 Å². The van der Waals surface area contributed by atoms with Crippen LogP contribution in [0.1, 0.15) is 23.7 Å². The molecule has 0 bridgehead atoms. The Bertz CT molecular complexity index is 973. The highest BCUT2D eigenvalue weighted by atomic mass is 35.5. The molecule has 144 valence electrons. The maximum Gasteiger partial charge on any atom is 0.165 e. The zero-order valence-electron chi connectivity index (χ0n) is 15.9. The topological polar surface area (TPSA) is 45.6 Å². The Morgan fingerprint density at radius 2 is 2.04 bits per heavy atom. The second-order valence-electron chi connectivity index (χ2n) is 7.06. The first-order valence-corrected chi connectivity index (χ1v) is 9.91. The van der Waals surface area contributed by atoms with Crippen molar-refractivity contribution < 1.29 is 9.84 Å². The molecule has 1 aliphatic heterocycles. The van der Waals surface area contributed by atoms with E-state index in [1.807, 2.05) is 30.5 Å². The zero-order valence-corrected chi connectivity index (χ0v) is 16.6. The SMILES string of the molecule is CCc1ccc(CN2CCOc3c(O)cc(-c4cccc(Cl)c4)cc3C2)nc1. The number of rotatable bonds is 4. The minimum atomic E-state index is 0.166. The number of phenolic OH excluding ortho intramolecular Hbond substituents is 1. The van der Waals surface area contributed by atoms with Crippen LogP contribution in [0.25, 0.3) is 11.1 Å². The maximum atomic E-state index is 10.5. The largest absolute Gasteiger partial charge is 0.504 e. The number of hydrogen-bond acceptors (Lipinski definition) is 4. The number of aryl methyl sites for hydroxylation is 1. The number of ether oxygens (including phenoxy) is 1. The normalized spacial score (nSPS) is 14.2. The van der Waals surface area contributed by atoms with Crippen LogP contribution in [0.5, 0.6) is 11.5 Å². The lowest BCUT2D eigenvalue weighted by Gasteiger charge is -2.19. The monoisotopic (exact) mass is 394 g/mol. The summed E-state index contributed by atoms with van der Waals surface area (Å²) in [5.41, 5.74) is 5.14. The highest BCUT2D eigenvalue weighted by molar-refractivity contribution is 6.30. The summed E-state index contributed by atoms with van der Waals surface area (Å²) in [4.78, 5) is 6.87. The van der Waals surface area contributed by atoms with E-state index < -0.39 is 0 Å². The van der Waals surface area contributed by atoms with Crippen molar-refractivity contribution in [3.8, 4) is 22.6 Å². The number of aromatic nitrogens is 1. The summed E-state index contributed by atoms with van der Waals surface area (Å²) >= 11 is 6.14. The summed E-state index contributed by atoms with van der Waals surface area (Å²) in [7, 11) is 0. The lowest BCUT2D eigenvalue weighted by Crippen LogP contribution is -2.25. The van der Waals surface area contributed by atoms with Crippen LogP contribution in [0, 0.1) is 0 Å². The Labute approximate surface area is 170 Å². The molecule has 0 spiro atoms. The van der Waals surface area contributed by atoms with Crippen LogP contribution in [0.15, 0.2) is 54.7 Å². The molecule has 2 heterocycles. The minimum absolute atomic E-state index is 0.166. The van der Waals surface area contributed by atoms with E-state index in [1.54, 1.807) is 6.07 Å². The predicted molar refractivity (Wildman–Crippen MR) is 112 cm³/mol. The van der Waals surface area contributed by atoms with Gasteiger partial charge in [-0.2, -0.15) is 0 Å². The first-order chi connectivity index (χ1) is 13.6. The van der Waals surface area contributed by atoms with Crippen molar-refractivity contribution in [1.29, 1.82) is 0 Å². The number of benzene rings is 2. The zero-order chi connectivity index (χ0) is 19.5. The first kappa shape index (κ1) is 18.8. The second-order valence-corrected chi connectivity index (χ2v) is 7.50. The Morgan fingerprint density at radius 3 is 2.79 bits per heavy atom. The molecule has 28 heavy (non-hydrogen) atoms. The molecule has 0 radical (unpaired) electrons. The third kappa shape index (κ3) is 4.13. The van der Waals surface area contributed by atoms with Gasteiger partial charge in [0.2, 0.25) is 0 Å². The van der Waals surface area contributed by atoms with Crippen LogP contribution in [-0.4, -0.2) is 28.1 Å².